The zero-order chi connectivity index (χ0) is 19.9. The van der Waals surface area contributed by atoms with E-state index in [1.54, 1.807) is 6.08 Å². The van der Waals surface area contributed by atoms with Crippen molar-refractivity contribution in [2.45, 2.75) is 39.9 Å². The molecule has 0 N–H and O–H groups in total. The maximum atomic E-state index is 12.8. The van der Waals surface area contributed by atoms with Crippen molar-refractivity contribution in [1.29, 1.82) is 0 Å². The number of carbonyl (C=O) groups excluding carboxylic acids is 1. The van der Waals surface area contributed by atoms with Gasteiger partial charge in [-0.25, -0.2) is 0 Å². The second-order valence-electron chi connectivity index (χ2n) is 7.42. The summed E-state index contributed by atoms with van der Waals surface area (Å²) in [5, 5.41) is 0. The molecule has 1 aromatic heterocycles. The Balaban J connectivity index is 1.72. The molecule has 0 aliphatic carbocycles. The van der Waals surface area contributed by atoms with Crippen LogP contribution >= 0.6 is 0 Å². The predicted molar refractivity (Wildman–Crippen MR) is 116 cm³/mol. The van der Waals surface area contributed by atoms with Gasteiger partial charge in [0, 0.05) is 30.6 Å². The normalized spacial score (nSPS) is 11.3. The van der Waals surface area contributed by atoms with Crippen molar-refractivity contribution in [3.8, 4) is 0 Å². The Bertz CT molecular complexity index is 921. The minimum Gasteiger partial charge on any atom is -0.345 e. The Kier molecular flexibility index (Phi) is 6.49. The molecule has 3 rings (SSSR count). The van der Waals surface area contributed by atoms with Crippen LogP contribution in [0, 0.1) is 6.92 Å². The van der Waals surface area contributed by atoms with Crippen molar-refractivity contribution in [2.75, 3.05) is 0 Å². The maximum Gasteiger partial charge on any atom is 0.247 e. The van der Waals surface area contributed by atoms with Crippen molar-refractivity contribution < 1.29 is 4.79 Å². The van der Waals surface area contributed by atoms with Gasteiger partial charge in [0.05, 0.1) is 6.54 Å². The van der Waals surface area contributed by atoms with Crippen LogP contribution in [0.2, 0.25) is 0 Å². The van der Waals surface area contributed by atoms with E-state index >= 15 is 0 Å². The highest BCUT2D eigenvalue weighted by atomic mass is 16.2. The summed E-state index contributed by atoms with van der Waals surface area (Å²) in [5.74, 6) is 0.0296. The highest BCUT2D eigenvalue weighted by Gasteiger charge is 2.16. The van der Waals surface area contributed by atoms with Gasteiger partial charge in [0.2, 0.25) is 5.91 Å². The number of hydrogen-bond donors (Lipinski definition) is 0. The van der Waals surface area contributed by atoms with Crippen molar-refractivity contribution >= 4 is 12.0 Å². The molecular formula is C25H28N2O. The van der Waals surface area contributed by atoms with Gasteiger partial charge in [-0.1, -0.05) is 60.2 Å². The van der Waals surface area contributed by atoms with Crippen LogP contribution in [0.5, 0.6) is 0 Å². The summed E-state index contributed by atoms with van der Waals surface area (Å²) in [5.41, 5.74) is 4.69. The van der Waals surface area contributed by atoms with E-state index in [0.29, 0.717) is 6.54 Å². The molecule has 3 nitrogen and oxygen atoms in total. The van der Waals surface area contributed by atoms with Gasteiger partial charge in [0.25, 0.3) is 0 Å². The number of aryl methyl sites for hydroxylation is 1. The number of nitrogens with zero attached hydrogens (tertiary/aromatic N) is 2. The lowest BCUT2D eigenvalue weighted by molar-refractivity contribution is -0.128. The number of rotatable bonds is 7. The number of aromatic nitrogens is 1. The molecule has 0 radical (unpaired) electrons. The van der Waals surface area contributed by atoms with E-state index in [1.807, 2.05) is 47.4 Å². The van der Waals surface area contributed by atoms with E-state index in [4.69, 9.17) is 0 Å². The van der Waals surface area contributed by atoms with Gasteiger partial charge in [-0.15, -0.1) is 0 Å². The van der Waals surface area contributed by atoms with Gasteiger partial charge in [-0.3, -0.25) is 4.79 Å². The lowest BCUT2D eigenvalue weighted by Crippen LogP contribution is -2.35. The second-order valence-corrected chi connectivity index (χ2v) is 7.42. The van der Waals surface area contributed by atoms with Crippen LogP contribution in [0.15, 0.2) is 79.0 Å². The molecule has 3 heteroatoms. The molecule has 1 amide bonds. The smallest absolute Gasteiger partial charge is 0.247 e. The molecule has 0 aliphatic rings. The molecule has 0 atom stereocenters. The maximum absolute atomic E-state index is 12.8. The zero-order valence-corrected chi connectivity index (χ0v) is 16.9. The molecule has 0 fully saturated rings. The minimum absolute atomic E-state index is 0.0296. The first-order valence-electron chi connectivity index (χ1n) is 9.76. The fourth-order valence-corrected chi connectivity index (χ4v) is 3.15. The average molecular weight is 373 g/mol. The van der Waals surface area contributed by atoms with Crippen molar-refractivity contribution in [2.24, 2.45) is 0 Å². The van der Waals surface area contributed by atoms with Gasteiger partial charge in [0.1, 0.15) is 0 Å². The minimum atomic E-state index is 0.0296. The molecule has 1 heterocycles. The van der Waals surface area contributed by atoms with E-state index in [2.05, 4.69) is 61.9 Å². The Morgan fingerprint density at radius 3 is 2.39 bits per heavy atom. The Morgan fingerprint density at radius 2 is 1.71 bits per heavy atom. The Hall–Kier alpha value is -3.07. The van der Waals surface area contributed by atoms with Crippen LogP contribution in [-0.2, 0) is 17.9 Å². The third-order valence-corrected chi connectivity index (χ3v) is 4.85. The molecule has 3 aromatic rings. The molecule has 0 saturated carbocycles. The van der Waals surface area contributed by atoms with E-state index < -0.39 is 0 Å². The molecular weight excluding hydrogens is 344 g/mol. The zero-order valence-electron chi connectivity index (χ0n) is 16.9. The molecule has 0 aliphatic heterocycles. The SMILES string of the molecule is Cc1ccc(Cn2cccc2CN(C(=O)/C=C/c2ccccc2)C(C)C)cc1. The van der Waals surface area contributed by atoms with Gasteiger partial charge < -0.3 is 9.47 Å². The highest BCUT2D eigenvalue weighted by molar-refractivity contribution is 5.91. The van der Waals surface area contributed by atoms with Gasteiger partial charge in [-0.2, -0.15) is 0 Å². The summed E-state index contributed by atoms with van der Waals surface area (Å²) >= 11 is 0. The number of hydrogen-bond acceptors (Lipinski definition) is 1. The number of carbonyl (C=O) groups is 1. The van der Waals surface area contributed by atoms with E-state index in [9.17, 15) is 4.79 Å². The summed E-state index contributed by atoms with van der Waals surface area (Å²) in [6, 6.07) is 22.8. The van der Waals surface area contributed by atoms with Gasteiger partial charge >= 0.3 is 0 Å². The largest absolute Gasteiger partial charge is 0.345 e. The van der Waals surface area contributed by atoms with Crippen molar-refractivity contribution in [3.05, 3.63) is 101 Å². The summed E-state index contributed by atoms with van der Waals surface area (Å²) in [6.07, 6.45) is 5.63. The first-order chi connectivity index (χ1) is 13.5. The Labute approximate surface area is 167 Å². The third kappa shape index (κ3) is 5.23. The lowest BCUT2D eigenvalue weighted by atomic mass is 10.1. The average Bonchev–Trinajstić information content (AvgIpc) is 3.13. The van der Waals surface area contributed by atoms with E-state index in [1.165, 1.54) is 11.1 Å². The lowest BCUT2D eigenvalue weighted by Gasteiger charge is -2.26. The topological polar surface area (TPSA) is 25.2 Å². The van der Waals surface area contributed by atoms with Crippen molar-refractivity contribution in [1.82, 2.24) is 9.47 Å². The highest BCUT2D eigenvalue weighted by Crippen LogP contribution is 2.14. The second kappa shape index (κ2) is 9.23. The van der Waals surface area contributed by atoms with Crippen molar-refractivity contribution in [3.63, 3.8) is 0 Å². The molecule has 2 aromatic carbocycles. The van der Waals surface area contributed by atoms with Gasteiger partial charge in [0.15, 0.2) is 0 Å². The van der Waals surface area contributed by atoms with Crippen LogP contribution in [-0.4, -0.2) is 21.4 Å². The summed E-state index contributed by atoms with van der Waals surface area (Å²) in [7, 11) is 0. The van der Waals surface area contributed by atoms with Crippen LogP contribution in [0.25, 0.3) is 6.08 Å². The first kappa shape index (κ1) is 19.7. The summed E-state index contributed by atoms with van der Waals surface area (Å²) < 4.78 is 2.22. The van der Waals surface area contributed by atoms with E-state index in [0.717, 1.165) is 17.8 Å². The van der Waals surface area contributed by atoms with Crippen LogP contribution in [0.3, 0.4) is 0 Å². The fraction of sp³-hybridized carbons (Fsp3) is 0.240. The van der Waals surface area contributed by atoms with Crippen LogP contribution in [0.1, 0.15) is 36.2 Å². The van der Waals surface area contributed by atoms with Gasteiger partial charge in [-0.05, 0) is 50.1 Å². The summed E-state index contributed by atoms with van der Waals surface area (Å²) in [6.45, 7) is 7.61. The summed E-state index contributed by atoms with van der Waals surface area (Å²) in [4.78, 5) is 14.7. The number of benzene rings is 2. The standard InChI is InChI=1S/C25H28N2O/c1-20(2)27(25(28)16-15-22-8-5-4-6-9-22)19-24-10-7-17-26(24)18-23-13-11-21(3)12-14-23/h4-17,20H,18-19H2,1-3H3/b16-15+. The molecule has 0 unspecified atom stereocenters. The number of amides is 1. The van der Waals surface area contributed by atoms with E-state index in [-0.39, 0.29) is 11.9 Å². The molecule has 28 heavy (non-hydrogen) atoms. The fourth-order valence-electron chi connectivity index (χ4n) is 3.15. The quantitative estimate of drug-likeness (QED) is 0.517. The first-order valence-corrected chi connectivity index (χ1v) is 9.76. The van der Waals surface area contributed by atoms with Crippen LogP contribution < -0.4 is 0 Å². The van der Waals surface area contributed by atoms with Crippen LogP contribution in [0.4, 0.5) is 0 Å². The molecule has 0 spiro atoms. The molecule has 0 bridgehead atoms. The molecule has 144 valence electrons. The monoisotopic (exact) mass is 372 g/mol. The molecule has 0 saturated heterocycles. The predicted octanol–water partition coefficient (Wildman–Crippen LogP) is 5.30. The Morgan fingerprint density at radius 1 is 1.00 bits per heavy atom. The third-order valence-electron chi connectivity index (χ3n) is 4.85.